The van der Waals surface area contributed by atoms with Crippen LogP contribution >= 0.6 is 0 Å². The lowest BCUT2D eigenvalue weighted by Crippen LogP contribution is -2.13. The number of hydrogen-bond acceptors (Lipinski definition) is 4. The largest absolute Gasteiger partial charge is 0.383 e. The number of anilines is 1. The molecule has 108 valence electrons. The number of methoxy groups -OCH3 is 1. The lowest BCUT2D eigenvalue weighted by molar-refractivity contribution is 0.102. The highest BCUT2D eigenvalue weighted by Gasteiger charge is 2.10. The zero-order valence-electron chi connectivity index (χ0n) is 11.5. The van der Waals surface area contributed by atoms with Crippen molar-refractivity contribution in [2.75, 3.05) is 19.0 Å². The highest BCUT2D eigenvalue weighted by molar-refractivity contribution is 6.05. The predicted molar refractivity (Wildman–Crippen MR) is 78.1 cm³/mol. The zero-order chi connectivity index (χ0) is 14.7. The van der Waals surface area contributed by atoms with Crippen LogP contribution in [0.2, 0.25) is 0 Å². The molecule has 0 aliphatic carbocycles. The molecule has 0 saturated carbocycles. The SMILES string of the molecule is COCCn1ccc2ccc(C(=O)Nc3ncn[nH]3)cc21. The minimum atomic E-state index is -0.229. The Labute approximate surface area is 120 Å². The van der Waals surface area contributed by atoms with E-state index < -0.39 is 0 Å². The first kappa shape index (κ1) is 13.3. The molecule has 0 atom stereocenters. The second kappa shape index (κ2) is 5.76. The standard InChI is InChI=1S/C14H15N5O2/c1-21-7-6-19-5-4-10-2-3-11(8-12(10)19)13(20)17-14-15-9-16-18-14/h2-5,8-9H,6-7H2,1H3,(H2,15,16,17,18,20). The number of fused-ring (bicyclic) bond motifs is 1. The average molecular weight is 285 g/mol. The summed E-state index contributed by atoms with van der Waals surface area (Å²) in [7, 11) is 1.67. The van der Waals surface area contributed by atoms with E-state index in [0.29, 0.717) is 18.1 Å². The molecule has 21 heavy (non-hydrogen) atoms. The van der Waals surface area contributed by atoms with E-state index in [0.717, 1.165) is 17.4 Å². The number of H-pyrrole nitrogens is 1. The number of rotatable bonds is 5. The molecule has 0 aliphatic heterocycles. The molecule has 0 radical (unpaired) electrons. The summed E-state index contributed by atoms with van der Waals surface area (Å²) in [6.45, 7) is 1.37. The summed E-state index contributed by atoms with van der Waals surface area (Å²) in [5, 5.41) is 10.0. The van der Waals surface area contributed by atoms with Crippen LogP contribution in [0.4, 0.5) is 5.95 Å². The topological polar surface area (TPSA) is 84.8 Å². The second-order valence-corrected chi connectivity index (χ2v) is 4.56. The molecule has 0 spiro atoms. The Balaban J connectivity index is 1.87. The third-order valence-electron chi connectivity index (χ3n) is 3.22. The summed E-state index contributed by atoms with van der Waals surface area (Å²) < 4.78 is 7.15. The zero-order valence-corrected chi connectivity index (χ0v) is 11.5. The number of carbonyl (C=O) groups is 1. The Bertz CT molecular complexity index is 748. The van der Waals surface area contributed by atoms with Crippen molar-refractivity contribution in [2.45, 2.75) is 6.54 Å². The third kappa shape index (κ3) is 2.77. The Morgan fingerprint density at radius 3 is 3.10 bits per heavy atom. The quantitative estimate of drug-likeness (QED) is 0.746. The van der Waals surface area contributed by atoms with E-state index in [4.69, 9.17) is 4.74 Å². The molecule has 2 heterocycles. The minimum Gasteiger partial charge on any atom is -0.383 e. The van der Waals surface area contributed by atoms with Crippen molar-refractivity contribution in [3.05, 3.63) is 42.4 Å². The number of aromatic amines is 1. The van der Waals surface area contributed by atoms with Gasteiger partial charge in [-0.1, -0.05) is 6.07 Å². The molecule has 3 aromatic rings. The molecular formula is C14H15N5O2. The number of amides is 1. The van der Waals surface area contributed by atoms with E-state index >= 15 is 0 Å². The fraction of sp³-hybridized carbons (Fsp3) is 0.214. The van der Waals surface area contributed by atoms with Crippen LogP contribution in [-0.4, -0.2) is 39.4 Å². The van der Waals surface area contributed by atoms with Crippen molar-refractivity contribution < 1.29 is 9.53 Å². The summed E-state index contributed by atoms with van der Waals surface area (Å²) in [5.74, 6) is 0.100. The summed E-state index contributed by atoms with van der Waals surface area (Å²) in [5.41, 5.74) is 1.56. The minimum absolute atomic E-state index is 0.229. The molecule has 0 bridgehead atoms. The Kier molecular flexibility index (Phi) is 3.65. The monoisotopic (exact) mass is 285 g/mol. The van der Waals surface area contributed by atoms with Gasteiger partial charge >= 0.3 is 0 Å². The van der Waals surface area contributed by atoms with E-state index in [1.54, 1.807) is 13.2 Å². The van der Waals surface area contributed by atoms with Gasteiger partial charge in [-0.3, -0.25) is 10.1 Å². The van der Waals surface area contributed by atoms with Gasteiger partial charge in [0.05, 0.1) is 6.61 Å². The number of nitrogens with zero attached hydrogens (tertiary/aromatic N) is 3. The first-order valence-electron chi connectivity index (χ1n) is 6.52. The lowest BCUT2D eigenvalue weighted by atomic mass is 10.1. The van der Waals surface area contributed by atoms with E-state index in [1.165, 1.54) is 6.33 Å². The maximum atomic E-state index is 12.2. The van der Waals surface area contributed by atoms with Crippen LogP contribution in [0.15, 0.2) is 36.8 Å². The first-order chi connectivity index (χ1) is 10.3. The van der Waals surface area contributed by atoms with Crippen LogP contribution in [0.25, 0.3) is 10.9 Å². The molecule has 0 aliphatic rings. The van der Waals surface area contributed by atoms with Crippen molar-refractivity contribution in [1.82, 2.24) is 19.7 Å². The van der Waals surface area contributed by atoms with Gasteiger partial charge < -0.3 is 9.30 Å². The smallest absolute Gasteiger partial charge is 0.258 e. The van der Waals surface area contributed by atoms with Gasteiger partial charge in [0.15, 0.2) is 0 Å². The van der Waals surface area contributed by atoms with Gasteiger partial charge in [-0.25, -0.2) is 5.10 Å². The number of hydrogen-bond donors (Lipinski definition) is 2. The van der Waals surface area contributed by atoms with Crippen LogP contribution in [0.1, 0.15) is 10.4 Å². The molecule has 7 nitrogen and oxygen atoms in total. The van der Waals surface area contributed by atoms with E-state index in [9.17, 15) is 4.79 Å². The molecular weight excluding hydrogens is 270 g/mol. The number of benzene rings is 1. The predicted octanol–water partition coefficient (Wildman–Crippen LogP) is 1.66. The highest BCUT2D eigenvalue weighted by atomic mass is 16.5. The Morgan fingerprint density at radius 1 is 1.43 bits per heavy atom. The number of nitrogens with one attached hydrogen (secondary N) is 2. The molecule has 1 amide bonds. The third-order valence-corrected chi connectivity index (χ3v) is 3.22. The normalized spacial score (nSPS) is 10.9. The summed E-state index contributed by atoms with van der Waals surface area (Å²) in [6.07, 6.45) is 3.33. The number of ether oxygens (including phenoxy) is 1. The molecule has 0 saturated heterocycles. The van der Waals surface area contributed by atoms with Gasteiger partial charge in [-0.2, -0.15) is 10.1 Å². The molecule has 0 unspecified atom stereocenters. The highest BCUT2D eigenvalue weighted by Crippen LogP contribution is 2.18. The lowest BCUT2D eigenvalue weighted by Gasteiger charge is -2.06. The van der Waals surface area contributed by atoms with Crippen LogP contribution in [0.3, 0.4) is 0 Å². The van der Waals surface area contributed by atoms with Crippen LogP contribution in [-0.2, 0) is 11.3 Å². The van der Waals surface area contributed by atoms with Crippen molar-refractivity contribution in [2.24, 2.45) is 0 Å². The van der Waals surface area contributed by atoms with Gasteiger partial charge in [0.2, 0.25) is 5.95 Å². The van der Waals surface area contributed by atoms with E-state index in [2.05, 4.69) is 25.1 Å². The second-order valence-electron chi connectivity index (χ2n) is 4.56. The average Bonchev–Trinajstić information content (AvgIpc) is 3.14. The summed E-state index contributed by atoms with van der Waals surface area (Å²) >= 11 is 0. The fourth-order valence-corrected chi connectivity index (χ4v) is 2.16. The van der Waals surface area contributed by atoms with Crippen molar-refractivity contribution in [1.29, 1.82) is 0 Å². The Hall–Kier alpha value is -2.67. The van der Waals surface area contributed by atoms with Gasteiger partial charge in [0.1, 0.15) is 6.33 Å². The van der Waals surface area contributed by atoms with Crippen LogP contribution in [0, 0.1) is 0 Å². The van der Waals surface area contributed by atoms with Gasteiger partial charge in [0.25, 0.3) is 5.91 Å². The Morgan fingerprint density at radius 2 is 2.33 bits per heavy atom. The summed E-state index contributed by atoms with van der Waals surface area (Å²) in [6, 6.07) is 7.59. The number of aromatic nitrogens is 4. The van der Waals surface area contributed by atoms with Crippen molar-refractivity contribution >= 4 is 22.8 Å². The molecule has 2 N–H and O–H groups in total. The molecule has 2 aromatic heterocycles. The van der Waals surface area contributed by atoms with E-state index in [1.807, 2.05) is 24.4 Å². The van der Waals surface area contributed by atoms with Crippen LogP contribution < -0.4 is 5.32 Å². The fourth-order valence-electron chi connectivity index (χ4n) is 2.16. The van der Waals surface area contributed by atoms with E-state index in [-0.39, 0.29) is 5.91 Å². The van der Waals surface area contributed by atoms with Crippen molar-refractivity contribution in [3.8, 4) is 0 Å². The maximum absolute atomic E-state index is 12.2. The van der Waals surface area contributed by atoms with Gasteiger partial charge in [-0.15, -0.1) is 0 Å². The number of carbonyl (C=O) groups excluding carboxylic acids is 1. The van der Waals surface area contributed by atoms with Gasteiger partial charge in [-0.05, 0) is 23.6 Å². The molecule has 0 fully saturated rings. The van der Waals surface area contributed by atoms with Gasteiger partial charge in [0, 0.05) is 30.9 Å². The summed E-state index contributed by atoms with van der Waals surface area (Å²) in [4.78, 5) is 16.0. The molecule has 1 aromatic carbocycles. The maximum Gasteiger partial charge on any atom is 0.258 e. The van der Waals surface area contributed by atoms with Crippen LogP contribution in [0.5, 0.6) is 0 Å². The van der Waals surface area contributed by atoms with Crippen molar-refractivity contribution in [3.63, 3.8) is 0 Å². The molecule has 3 rings (SSSR count). The molecule has 7 heteroatoms. The first-order valence-corrected chi connectivity index (χ1v) is 6.52.